The van der Waals surface area contributed by atoms with Gasteiger partial charge in [-0.05, 0) is 30.2 Å². The first-order chi connectivity index (χ1) is 13.6. The number of esters is 2. The van der Waals surface area contributed by atoms with Gasteiger partial charge in [-0.2, -0.15) is 0 Å². The van der Waals surface area contributed by atoms with Gasteiger partial charge in [0.1, 0.15) is 0 Å². The van der Waals surface area contributed by atoms with Crippen molar-refractivity contribution in [2.24, 2.45) is 0 Å². The largest absolute Gasteiger partial charge is 0.462 e. The van der Waals surface area contributed by atoms with Crippen LogP contribution in [0.4, 0.5) is 0 Å². The molecule has 150 valence electrons. The maximum Gasteiger partial charge on any atom is 0.339 e. The number of carbonyl (C=O) groups is 2. The fraction of sp³-hybridized carbons (Fsp3) is 0.391. The minimum Gasteiger partial charge on any atom is -0.462 e. The van der Waals surface area contributed by atoms with Crippen LogP contribution < -0.4 is 0 Å². The predicted octanol–water partition coefficient (Wildman–Crippen LogP) is 5.87. The van der Waals surface area contributed by atoms with Gasteiger partial charge in [0, 0.05) is 11.4 Å². The van der Waals surface area contributed by atoms with E-state index in [0.29, 0.717) is 18.1 Å². The Morgan fingerprint density at radius 3 is 2.00 bits per heavy atom. The van der Waals surface area contributed by atoms with E-state index in [0.717, 1.165) is 24.8 Å². The summed E-state index contributed by atoms with van der Waals surface area (Å²) in [4.78, 5) is 24.8. The second-order valence-corrected chi connectivity index (χ2v) is 6.98. The van der Waals surface area contributed by atoms with Gasteiger partial charge in [0.05, 0.1) is 24.3 Å². The molecular formula is C23H27ClO4. The minimum atomic E-state index is -0.539. The quantitative estimate of drug-likeness (QED) is 0.348. The van der Waals surface area contributed by atoms with Crippen molar-refractivity contribution in [1.29, 1.82) is 0 Å². The van der Waals surface area contributed by atoms with Gasteiger partial charge >= 0.3 is 11.9 Å². The van der Waals surface area contributed by atoms with E-state index in [2.05, 4.69) is 6.92 Å². The molecule has 0 amide bonds. The Balaban J connectivity index is 1.86. The van der Waals surface area contributed by atoms with Gasteiger partial charge in [-0.15, -0.1) is 0 Å². The number of rotatable bonds is 11. The lowest BCUT2D eigenvalue weighted by Crippen LogP contribution is -2.15. The molecule has 4 nitrogen and oxygen atoms in total. The van der Waals surface area contributed by atoms with Gasteiger partial charge in [-0.3, -0.25) is 0 Å². The fourth-order valence-corrected chi connectivity index (χ4v) is 3.05. The van der Waals surface area contributed by atoms with E-state index in [1.165, 1.54) is 12.8 Å². The van der Waals surface area contributed by atoms with Crippen molar-refractivity contribution in [3.8, 4) is 0 Å². The molecule has 0 N–H and O–H groups in total. The van der Waals surface area contributed by atoms with Crippen LogP contribution >= 0.6 is 11.6 Å². The second kappa shape index (κ2) is 12.2. The summed E-state index contributed by atoms with van der Waals surface area (Å²) in [6.45, 7) is 2.70. The minimum absolute atomic E-state index is 0.184. The zero-order valence-electron chi connectivity index (χ0n) is 16.3. The van der Waals surface area contributed by atoms with Crippen molar-refractivity contribution in [3.63, 3.8) is 0 Å². The Morgan fingerprint density at radius 2 is 1.36 bits per heavy atom. The highest BCUT2D eigenvalue weighted by molar-refractivity contribution is 6.31. The van der Waals surface area contributed by atoms with E-state index >= 15 is 0 Å². The fourth-order valence-electron chi connectivity index (χ4n) is 2.82. The summed E-state index contributed by atoms with van der Waals surface area (Å²) in [5, 5.41) is 0.640. The van der Waals surface area contributed by atoms with Gasteiger partial charge in [0.2, 0.25) is 0 Å². The number of halogens is 1. The summed E-state index contributed by atoms with van der Waals surface area (Å²) in [6.07, 6.45) is 5.88. The highest BCUT2D eigenvalue weighted by Gasteiger charge is 2.19. The molecule has 0 aliphatic heterocycles. The Labute approximate surface area is 171 Å². The lowest BCUT2D eigenvalue weighted by molar-refractivity contribution is 0.0456. The SMILES string of the molecule is CCCCCCCOC(=O)c1ccccc1C(=O)OCCc1ccccc1Cl. The van der Waals surface area contributed by atoms with E-state index in [4.69, 9.17) is 21.1 Å². The van der Waals surface area contributed by atoms with Gasteiger partial charge in [-0.25, -0.2) is 9.59 Å². The van der Waals surface area contributed by atoms with E-state index in [1.807, 2.05) is 18.2 Å². The Kier molecular flexibility index (Phi) is 9.56. The molecule has 28 heavy (non-hydrogen) atoms. The Bertz CT molecular complexity index is 773. The highest BCUT2D eigenvalue weighted by Crippen LogP contribution is 2.16. The van der Waals surface area contributed by atoms with Crippen molar-refractivity contribution >= 4 is 23.5 Å². The maximum absolute atomic E-state index is 12.4. The molecule has 5 heteroatoms. The molecule has 0 atom stereocenters. The molecule has 0 aromatic heterocycles. The Hall–Kier alpha value is -2.33. The average molecular weight is 403 g/mol. The van der Waals surface area contributed by atoms with Crippen LogP contribution in [0.1, 0.15) is 65.3 Å². The molecule has 0 radical (unpaired) electrons. The van der Waals surface area contributed by atoms with Crippen LogP contribution in [-0.4, -0.2) is 25.2 Å². The van der Waals surface area contributed by atoms with Gasteiger partial charge in [0.25, 0.3) is 0 Å². The van der Waals surface area contributed by atoms with Crippen LogP contribution in [0.2, 0.25) is 5.02 Å². The lowest BCUT2D eigenvalue weighted by Gasteiger charge is -2.10. The highest BCUT2D eigenvalue weighted by atomic mass is 35.5. The monoisotopic (exact) mass is 402 g/mol. The van der Waals surface area contributed by atoms with Crippen molar-refractivity contribution in [1.82, 2.24) is 0 Å². The Morgan fingerprint density at radius 1 is 0.786 bits per heavy atom. The molecule has 2 aromatic rings. The number of unbranched alkanes of at least 4 members (excludes halogenated alkanes) is 4. The number of hydrogen-bond donors (Lipinski definition) is 0. The van der Waals surface area contributed by atoms with Crippen LogP contribution in [0.3, 0.4) is 0 Å². The second-order valence-electron chi connectivity index (χ2n) is 6.57. The number of hydrogen-bond acceptors (Lipinski definition) is 4. The van der Waals surface area contributed by atoms with Crippen LogP contribution in [0.5, 0.6) is 0 Å². The molecule has 0 saturated carbocycles. The van der Waals surface area contributed by atoms with Crippen LogP contribution in [0.25, 0.3) is 0 Å². The first-order valence-electron chi connectivity index (χ1n) is 9.80. The maximum atomic E-state index is 12.4. The predicted molar refractivity (Wildman–Crippen MR) is 111 cm³/mol. The van der Waals surface area contributed by atoms with E-state index < -0.39 is 11.9 Å². The topological polar surface area (TPSA) is 52.6 Å². The molecule has 0 saturated heterocycles. The molecule has 2 rings (SSSR count). The lowest BCUT2D eigenvalue weighted by atomic mass is 10.1. The third-order valence-electron chi connectivity index (χ3n) is 4.41. The normalized spacial score (nSPS) is 10.5. The third kappa shape index (κ3) is 7.01. The molecule has 0 spiro atoms. The molecule has 0 aliphatic rings. The van der Waals surface area contributed by atoms with Crippen molar-refractivity contribution in [3.05, 3.63) is 70.2 Å². The summed E-state index contributed by atoms with van der Waals surface area (Å²) in [5.41, 5.74) is 1.36. The standard InChI is InChI=1S/C23H27ClO4/c1-2-3-4-5-10-16-27-22(25)19-12-7-8-13-20(19)23(26)28-17-15-18-11-6-9-14-21(18)24/h6-9,11-14H,2-5,10,15-17H2,1H3. The zero-order chi connectivity index (χ0) is 20.2. The van der Waals surface area contributed by atoms with Gasteiger partial charge in [-0.1, -0.05) is 74.5 Å². The van der Waals surface area contributed by atoms with Gasteiger partial charge in [0.15, 0.2) is 0 Å². The van der Waals surface area contributed by atoms with E-state index in [9.17, 15) is 9.59 Å². The zero-order valence-corrected chi connectivity index (χ0v) is 17.0. The molecule has 0 bridgehead atoms. The van der Waals surface area contributed by atoms with Crippen LogP contribution in [-0.2, 0) is 15.9 Å². The molecular weight excluding hydrogens is 376 g/mol. The summed E-state index contributed by atoms with van der Waals surface area (Å²) in [5.74, 6) is -1.03. The summed E-state index contributed by atoms with van der Waals surface area (Å²) < 4.78 is 10.7. The number of ether oxygens (including phenoxy) is 2. The first-order valence-corrected chi connectivity index (χ1v) is 10.2. The summed E-state index contributed by atoms with van der Waals surface area (Å²) >= 11 is 6.11. The van der Waals surface area contributed by atoms with Gasteiger partial charge < -0.3 is 9.47 Å². The molecule has 2 aromatic carbocycles. The van der Waals surface area contributed by atoms with Crippen molar-refractivity contribution in [2.75, 3.05) is 13.2 Å². The number of benzene rings is 2. The summed E-state index contributed by atoms with van der Waals surface area (Å²) in [6, 6.07) is 14.0. The average Bonchev–Trinajstić information content (AvgIpc) is 2.71. The first kappa shape index (κ1) is 22.0. The van der Waals surface area contributed by atoms with E-state index in [1.54, 1.807) is 30.3 Å². The van der Waals surface area contributed by atoms with Crippen LogP contribution in [0.15, 0.2) is 48.5 Å². The molecule has 0 fully saturated rings. The van der Waals surface area contributed by atoms with Crippen molar-refractivity contribution < 1.29 is 19.1 Å². The molecule has 0 unspecified atom stereocenters. The molecule has 0 heterocycles. The molecule has 0 aliphatic carbocycles. The third-order valence-corrected chi connectivity index (χ3v) is 4.78. The van der Waals surface area contributed by atoms with Crippen molar-refractivity contribution in [2.45, 2.75) is 45.4 Å². The smallest absolute Gasteiger partial charge is 0.339 e. The number of carbonyl (C=O) groups excluding carboxylic acids is 2. The van der Waals surface area contributed by atoms with E-state index in [-0.39, 0.29) is 17.7 Å². The van der Waals surface area contributed by atoms with Crippen LogP contribution in [0, 0.1) is 0 Å². The summed E-state index contributed by atoms with van der Waals surface area (Å²) in [7, 11) is 0.